The second kappa shape index (κ2) is 20.0. The number of benzene rings is 2. The molecule has 3 aliphatic heterocycles. The van der Waals surface area contributed by atoms with Gasteiger partial charge in [-0.15, -0.1) is 0 Å². The van der Waals surface area contributed by atoms with Crippen LogP contribution in [0.15, 0.2) is 77.9 Å². The smallest absolute Gasteiger partial charge is 0.411 e. The van der Waals surface area contributed by atoms with Crippen LogP contribution in [-0.4, -0.2) is 115 Å². The highest BCUT2D eigenvalue weighted by molar-refractivity contribution is 6.30. The molecule has 1 unspecified atom stereocenters. The number of piperidine rings is 1. The Balaban J connectivity index is 0.000000279. The van der Waals surface area contributed by atoms with Crippen LogP contribution in [-0.2, 0) is 35.1 Å². The molecule has 0 radical (unpaired) electrons. The summed E-state index contributed by atoms with van der Waals surface area (Å²) < 4.78 is 10.2. The van der Waals surface area contributed by atoms with Gasteiger partial charge < -0.3 is 34.3 Å². The second-order valence-corrected chi connectivity index (χ2v) is 15.5. The molecule has 12 nitrogen and oxygen atoms in total. The Kier molecular flexibility index (Phi) is 15.7. The van der Waals surface area contributed by atoms with Gasteiger partial charge in [-0.2, -0.15) is 0 Å². The lowest BCUT2D eigenvalue weighted by Gasteiger charge is -2.44. The van der Waals surface area contributed by atoms with E-state index in [1.807, 2.05) is 94.1 Å². The number of esters is 1. The number of carbonyl (C=O) groups is 5. The molecule has 0 bridgehead atoms. The van der Waals surface area contributed by atoms with Crippen molar-refractivity contribution in [1.82, 2.24) is 20.0 Å². The molecule has 0 saturated carbocycles. The Morgan fingerprint density at radius 3 is 2.29 bits per heavy atom. The molecule has 2 fully saturated rings. The lowest BCUT2D eigenvalue weighted by molar-refractivity contribution is -0.147. The van der Waals surface area contributed by atoms with Crippen LogP contribution < -0.4 is 10.2 Å². The van der Waals surface area contributed by atoms with Crippen molar-refractivity contribution >= 4 is 47.5 Å². The summed E-state index contributed by atoms with van der Waals surface area (Å²) in [7, 11) is 3.10. The van der Waals surface area contributed by atoms with Crippen LogP contribution in [0.1, 0.15) is 72.3 Å². The molecule has 2 saturated heterocycles. The summed E-state index contributed by atoms with van der Waals surface area (Å²) in [6.45, 7) is 11.1. The number of hydrogen-bond acceptors (Lipinski definition) is 9. The highest BCUT2D eigenvalue weighted by atomic mass is 35.5. The first-order chi connectivity index (χ1) is 26.8. The fourth-order valence-electron chi connectivity index (χ4n) is 7.49. The van der Waals surface area contributed by atoms with Gasteiger partial charge in [0.2, 0.25) is 5.91 Å². The molecule has 1 spiro atoms. The maximum Gasteiger partial charge on any atom is 0.411 e. The fraction of sp³-hybridized carbons (Fsp3) is 0.512. The number of hydrogen-bond donors (Lipinski definition) is 1. The maximum atomic E-state index is 13.6. The average molecular weight is 792 g/mol. The van der Waals surface area contributed by atoms with Crippen molar-refractivity contribution in [3.63, 3.8) is 0 Å². The molecule has 2 aromatic carbocycles. The predicted octanol–water partition coefficient (Wildman–Crippen LogP) is 6.18. The molecule has 304 valence electrons. The third-order valence-corrected chi connectivity index (χ3v) is 10.7. The molecule has 4 aliphatic rings. The number of carbonyl (C=O) groups excluding carboxylic acids is 5. The van der Waals surface area contributed by atoms with E-state index in [0.717, 1.165) is 36.0 Å². The van der Waals surface area contributed by atoms with Crippen molar-refractivity contribution in [2.45, 2.75) is 96.4 Å². The van der Waals surface area contributed by atoms with Crippen LogP contribution in [0.2, 0.25) is 5.02 Å². The number of rotatable bonds is 8. The topological polar surface area (TPSA) is 129 Å². The number of para-hydroxylation sites is 1. The molecule has 56 heavy (non-hydrogen) atoms. The lowest BCUT2D eigenvalue weighted by atomic mass is 9.85. The normalized spacial score (nSPS) is 19.3. The van der Waals surface area contributed by atoms with Gasteiger partial charge in [-0.1, -0.05) is 73.5 Å². The van der Waals surface area contributed by atoms with Crippen molar-refractivity contribution in [1.29, 1.82) is 0 Å². The third kappa shape index (κ3) is 10.8. The number of aldehydes is 1. The van der Waals surface area contributed by atoms with Gasteiger partial charge >= 0.3 is 12.1 Å². The number of nitrogens with one attached hydrogen (secondary N) is 1. The molecular formula is C43H58ClN5O7. The first kappa shape index (κ1) is 44.0. The van der Waals surface area contributed by atoms with Crippen LogP contribution in [0.5, 0.6) is 0 Å². The van der Waals surface area contributed by atoms with Crippen molar-refractivity contribution in [3.8, 4) is 0 Å². The number of nitrogens with zero attached hydrogens (tertiary/aromatic N) is 4. The number of ether oxygens (including phenoxy) is 2. The highest BCUT2D eigenvalue weighted by Crippen LogP contribution is 2.39. The van der Waals surface area contributed by atoms with Gasteiger partial charge in [0.25, 0.3) is 5.91 Å². The van der Waals surface area contributed by atoms with Crippen LogP contribution >= 0.6 is 11.6 Å². The summed E-state index contributed by atoms with van der Waals surface area (Å²) in [5.74, 6) is -0.527. The first-order valence-electron chi connectivity index (χ1n) is 19.5. The number of methoxy groups -OCH3 is 1. The fourth-order valence-corrected chi connectivity index (χ4v) is 7.62. The number of amides is 3. The largest absolute Gasteiger partial charge is 0.468 e. The van der Waals surface area contributed by atoms with Crippen molar-refractivity contribution in [2.24, 2.45) is 0 Å². The van der Waals surface area contributed by atoms with Crippen LogP contribution in [0.4, 0.5) is 10.5 Å². The summed E-state index contributed by atoms with van der Waals surface area (Å²) in [5.41, 5.74) is 3.08. The molecular weight excluding hydrogens is 734 g/mol. The van der Waals surface area contributed by atoms with E-state index in [0.29, 0.717) is 57.0 Å². The Bertz CT molecular complexity index is 1730. The minimum atomic E-state index is -0.794. The van der Waals surface area contributed by atoms with E-state index in [1.165, 1.54) is 17.6 Å². The summed E-state index contributed by atoms with van der Waals surface area (Å²) in [5, 5.41) is 3.80. The van der Waals surface area contributed by atoms with E-state index < -0.39 is 23.2 Å². The van der Waals surface area contributed by atoms with Crippen LogP contribution in [0.25, 0.3) is 0 Å². The van der Waals surface area contributed by atoms with E-state index in [9.17, 15) is 24.0 Å². The van der Waals surface area contributed by atoms with E-state index >= 15 is 0 Å². The predicted molar refractivity (Wildman–Crippen MR) is 218 cm³/mol. The monoisotopic (exact) mass is 791 g/mol. The van der Waals surface area contributed by atoms with Gasteiger partial charge in [0.15, 0.2) is 0 Å². The van der Waals surface area contributed by atoms with E-state index in [4.69, 9.17) is 21.1 Å². The standard InChI is InChI=1S/C26H31ClN4O4.C15H21NO3.C2H6/c1-28-22(16-19-8-10-20(27)11-9-19)24(33)29-14-12-26(13-15-29)25(34)30(17-23(32)35-2)18-31(26)21-6-4-3-5-7-21;1-15(2,3)19-14(18)16-9-12-7-5-4-6-11(12)8-13(16)10-17;1-2/h3-11,22,28H,12-18H2,1-2H3;5,7,10,13H,4,6,8-9H2,1-3H3;1-2H3/t22-;;/m1../s1. The summed E-state index contributed by atoms with van der Waals surface area (Å²) in [4.78, 5) is 69.3. The second-order valence-electron chi connectivity index (χ2n) is 15.1. The van der Waals surface area contributed by atoms with E-state index in [1.54, 1.807) is 11.9 Å². The number of likely N-dealkylation sites (tertiary alicyclic amines) is 1. The molecule has 3 amide bonds. The van der Waals surface area contributed by atoms with Gasteiger partial charge in [0, 0.05) is 30.3 Å². The molecule has 0 aromatic heterocycles. The Hall–Kier alpha value is -4.68. The van der Waals surface area contributed by atoms with E-state index in [-0.39, 0.29) is 30.4 Å². The van der Waals surface area contributed by atoms with E-state index in [2.05, 4.69) is 22.4 Å². The number of anilines is 1. The van der Waals surface area contributed by atoms with Gasteiger partial charge in [-0.05, 0) is 102 Å². The Morgan fingerprint density at radius 2 is 1.70 bits per heavy atom. The quantitative estimate of drug-likeness (QED) is 0.246. The molecule has 13 heteroatoms. The van der Waals surface area contributed by atoms with Gasteiger partial charge in [-0.25, -0.2) is 4.79 Å². The number of likely N-dealkylation sites (N-methyl/N-ethyl adjacent to an activating group) is 1. The highest BCUT2D eigenvalue weighted by Gasteiger charge is 2.54. The summed E-state index contributed by atoms with van der Waals surface area (Å²) in [6, 6.07) is 16.5. The SMILES string of the molecule is CC.CC(C)(C)OC(=O)N1CC2=C(CCC=C2)CC1C=O.CN[C@H](Cc1ccc(Cl)cc1)C(=O)N1CCC2(CC1)C(=O)N(CC(=O)OC)CN2c1ccccc1. The average Bonchev–Trinajstić information content (AvgIpc) is 3.46. The van der Waals surface area contributed by atoms with Crippen LogP contribution in [0, 0.1) is 0 Å². The minimum Gasteiger partial charge on any atom is -0.468 e. The van der Waals surface area contributed by atoms with Crippen molar-refractivity contribution in [3.05, 3.63) is 88.5 Å². The van der Waals surface area contributed by atoms with Gasteiger partial charge in [0.1, 0.15) is 24.0 Å². The Morgan fingerprint density at radius 1 is 1.04 bits per heavy atom. The molecule has 2 atom stereocenters. The first-order valence-corrected chi connectivity index (χ1v) is 19.9. The van der Waals surface area contributed by atoms with Crippen molar-refractivity contribution in [2.75, 3.05) is 51.9 Å². The lowest BCUT2D eigenvalue weighted by Crippen LogP contribution is -2.59. The zero-order valence-corrected chi connectivity index (χ0v) is 34.6. The minimum absolute atomic E-state index is 0.0143. The molecule has 6 rings (SSSR count). The number of allylic oxidation sites excluding steroid dienone is 1. The molecule has 1 aliphatic carbocycles. The number of halogens is 1. The molecule has 1 N–H and O–H groups in total. The molecule has 2 aromatic rings. The summed E-state index contributed by atoms with van der Waals surface area (Å²) in [6.07, 6.45) is 8.82. The Labute approximate surface area is 336 Å². The molecule has 3 heterocycles. The summed E-state index contributed by atoms with van der Waals surface area (Å²) >= 11 is 5.99. The zero-order chi connectivity index (χ0) is 41.0. The van der Waals surface area contributed by atoms with Crippen LogP contribution in [0.3, 0.4) is 0 Å². The van der Waals surface area contributed by atoms with Crippen molar-refractivity contribution < 1.29 is 33.4 Å². The zero-order valence-electron chi connectivity index (χ0n) is 33.9. The third-order valence-electron chi connectivity index (χ3n) is 10.4. The van der Waals surface area contributed by atoms with Gasteiger partial charge in [-0.3, -0.25) is 19.3 Å². The van der Waals surface area contributed by atoms with Gasteiger partial charge in [0.05, 0.1) is 25.9 Å². The maximum absolute atomic E-state index is 13.6.